The Balaban J connectivity index is 1.93. The van der Waals surface area contributed by atoms with E-state index in [-0.39, 0.29) is 49.0 Å². The van der Waals surface area contributed by atoms with Gasteiger partial charge in [-0.1, -0.05) is 26.0 Å². The van der Waals surface area contributed by atoms with E-state index >= 15 is 0 Å². The predicted molar refractivity (Wildman–Crippen MR) is 131 cm³/mol. The summed E-state index contributed by atoms with van der Waals surface area (Å²) in [6.07, 6.45) is 0.879. The summed E-state index contributed by atoms with van der Waals surface area (Å²) in [7, 11) is 0. The zero-order valence-corrected chi connectivity index (χ0v) is 21.5. The lowest BCUT2D eigenvalue weighted by Crippen LogP contribution is -2.63. The number of carbonyl (C=O) groups is 3. The van der Waals surface area contributed by atoms with Gasteiger partial charge in [-0.15, -0.1) is 0 Å². The van der Waals surface area contributed by atoms with Gasteiger partial charge < -0.3 is 19.7 Å². The molecule has 2 amide bonds. The van der Waals surface area contributed by atoms with Crippen LogP contribution in [0.25, 0.3) is 0 Å². The van der Waals surface area contributed by atoms with Gasteiger partial charge in [0.1, 0.15) is 17.0 Å². The highest BCUT2D eigenvalue weighted by Crippen LogP contribution is 2.30. The van der Waals surface area contributed by atoms with Gasteiger partial charge in [0.05, 0.1) is 19.3 Å². The Labute approximate surface area is 206 Å². The van der Waals surface area contributed by atoms with Crippen molar-refractivity contribution in [2.45, 2.75) is 72.7 Å². The lowest BCUT2D eigenvalue weighted by molar-refractivity contribution is -0.133. The van der Waals surface area contributed by atoms with Crippen molar-refractivity contribution in [3.05, 3.63) is 47.3 Å². The molecule has 1 N–H and O–H groups in total. The van der Waals surface area contributed by atoms with Crippen LogP contribution in [-0.4, -0.2) is 57.3 Å². The second kappa shape index (κ2) is 10.9. The van der Waals surface area contributed by atoms with Crippen LogP contribution in [-0.2, 0) is 22.6 Å². The Morgan fingerprint density at radius 3 is 2.46 bits per heavy atom. The smallest absolute Gasteiger partial charge is 0.358 e. The van der Waals surface area contributed by atoms with Gasteiger partial charge in [0, 0.05) is 19.2 Å². The molecule has 1 aromatic heterocycles. The molecule has 1 atom stereocenters. The standard InChI is InChI=1S/C26H36N4O5/c1-7-34-24(32)21-14-22-23(31)29(15-19-8-10-20(11-9-19)35-18(4)5)26(6,16-30(22)28-21)25(33)27-13-12-17(2)3/h8-11,14,17-18H,7,12-13,15-16H2,1-6H3,(H,27,33). The van der Waals surface area contributed by atoms with Gasteiger partial charge in [-0.3, -0.25) is 14.3 Å². The van der Waals surface area contributed by atoms with E-state index in [4.69, 9.17) is 9.47 Å². The van der Waals surface area contributed by atoms with Crippen molar-refractivity contribution in [3.63, 3.8) is 0 Å². The summed E-state index contributed by atoms with van der Waals surface area (Å²) in [6, 6.07) is 8.92. The van der Waals surface area contributed by atoms with Crippen molar-refractivity contribution < 1.29 is 23.9 Å². The van der Waals surface area contributed by atoms with Crippen LogP contribution in [0.2, 0.25) is 0 Å². The number of aromatic nitrogens is 2. The number of fused-ring (bicyclic) bond motifs is 1. The van der Waals surface area contributed by atoms with E-state index in [2.05, 4.69) is 24.3 Å². The molecule has 2 heterocycles. The van der Waals surface area contributed by atoms with Crippen molar-refractivity contribution in [1.29, 1.82) is 0 Å². The van der Waals surface area contributed by atoms with Crippen molar-refractivity contribution in [1.82, 2.24) is 20.0 Å². The Morgan fingerprint density at radius 2 is 1.86 bits per heavy atom. The molecule has 1 aliphatic rings. The topological polar surface area (TPSA) is 103 Å². The minimum Gasteiger partial charge on any atom is -0.491 e. The summed E-state index contributed by atoms with van der Waals surface area (Å²) in [6.45, 7) is 12.6. The predicted octanol–water partition coefficient (Wildman–Crippen LogP) is 3.42. The van der Waals surface area contributed by atoms with Gasteiger partial charge in [0.25, 0.3) is 5.91 Å². The number of rotatable bonds is 10. The summed E-state index contributed by atoms with van der Waals surface area (Å²) in [5, 5.41) is 7.27. The van der Waals surface area contributed by atoms with Crippen LogP contribution < -0.4 is 10.1 Å². The van der Waals surface area contributed by atoms with E-state index in [1.54, 1.807) is 18.7 Å². The van der Waals surface area contributed by atoms with Gasteiger partial charge in [0.2, 0.25) is 5.91 Å². The second-order valence-electron chi connectivity index (χ2n) is 9.71. The maximum absolute atomic E-state index is 13.6. The Bertz CT molecular complexity index is 1060. The zero-order chi connectivity index (χ0) is 25.8. The molecule has 1 aliphatic heterocycles. The average Bonchev–Trinajstić information content (AvgIpc) is 3.21. The maximum Gasteiger partial charge on any atom is 0.358 e. The third kappa shape index (κ3) is 6.01. The molecule has 0 aliphatic carbocycles. The first-order valence-electron chi connectivity index (χ1n) is 12.2. The van der Waals surface area contributed by atoms with Crippen LogP contribution in [0.5, 0.6) is 5.75 Å². The molecule has 0 fully saturated rings. The SMILES string of the molecule is CCOC(=O)c1cc2n(n1)CC(C)(C(=O)NCCC(C)C)N(Cc1ccc(OC(C)C)cc1)C2=O. The van der Waals surface area contributed by atoms with Gasteiger partial charge in [-0.05, 0) is 57.7 Å². The number of benzene rings is 1. The highest BCUT2D eigenvalue weighted by molar-refractivity contribution is 6.01. The van der Waals surface area contributed by atoms with Crippen molar-refractivity contribution in [2.75, 3.05) is 13.2 Å². The third-order valence-corrected chi connectivity index (χ3v) is 5.91. The van der Waals surface area contributed by atoms with Crippen LogP contribution in [0, 0.1) is 5.92 Å². The number of amides is 2. The molecule has 2 aromatic rings. The summed E-state index contributed by atoms with van der Waals surface area (Å²) in [4.78, 5) is 40.8. The number of ether oxygens (including phenoxy) is 2. The van der Waals surface area contributed by atoms with Crippen LogP contribution in [0.4, 0.5) is 0 Å². The molecule has 1 unspecified atom stereocenters. The summed E-state index contributed by atoms with van der Waals surface area (Å²) in [5.74, 6) is -0.0605. The van der Waals surface area contributed by atoms with Gasteiger partial charge >= 0.3 is 5.97 Å². The number of nitrogens with one attached hydrogen (secondary N) is 1. The summed E-state index contributed by atoms with van der Waals surface area (Å²) < 4.78 is 12.2. The molecular formula is C26H36N4O5. The van der Waals surface area contributed by atoms with Gasteiger partial charge in [0.15, 0.2) is 5.69 Å². The molecule has 35 heavy (non-hydrogen) atoms. The first-order chi connectivity index (χ1) is 16.5. The number of nitrogens with zero attached hydrogens (tertiary/aromatic N) is 3. The van der Waals surface area contributed by atoms with Crippen molar-refractivity contribution in [3.8, 4) is 5.75 Å². The normalized spacial score (nSPS) is 17.5. The number of hydrogen-bond donors (Lipinski definition) is 1. The van der Waals surface area contributed by atoms with Crippen LogP contribution in [0.1, 0.15) is 74.5 Å². The first kappa shape index (κ1) is 26.2. The second-order valence-corrected chi connectivity index (χ2v) is 9.71. The summed E-state index contributed by atoms with van der Waals surface area (Å²) in [5.41, 5.74) is -0.0455. The molecule has 190 valence electrons. The molecule has 9 nitrogen and oxygen atoms in total. The molecule has 1 aromatic carbocycles. The average molecular weight is 485 g/mol. The Kier molecular flexibility index (Phi) is 8.19. The van der Waals surface area contributed by atoms with Gasteiger partial charge in [-0.25, -0.2) is 4.79 Å². The van der Waals surface area contributed by atoms with Crippen LogP contribution >= 0.6 is 0 Å². The van der Waals surface area contributed by atoms with Crippen molar-refractivity contribution >= 4 is 17.8 Å². The third-order valence-electron chi connectivity index (χ3n) is 5.91. The summed E-state index contributed by atoms with van der Waals surface area (Å²) >= 11 is 0. The Hall–Kier alpha value is -3.36. The molecule has 0 saturated carbocycles. The van der Waals surface area contributed by atoms with E-state index in [1.807, 2.05) is 38.1 Å². The zero-order valence-electron chi connectivity index (χ0n) is 21.5. The largest absolute Gasteiger partial charge is 0.491 e. The van der Waals surface area contributed by atoms with Gasteiger partial charge in [-0.2, -0.15) is 5.10 Å². The van der Waals surface area contributed by atoms with E-state index in [9.17, 15) is 14.4 Å². The Morgan fingerprint density at radius 1 is 1.17 bits per heavy atom. The molecule has 0 spiro atoms. The quantitative estimate of drug-likeness (QED) is 0.519. The number of esters is 1. The van der Waals surface area contributed by atoms with E-state index in [1.165, 1.54) is 10.7 Å². The fourth-order valence-corrected chi connectivity index (χ4v) is 3.99. The number of hydrogen-bond acceptors (Lipinski definition) is 6. The molecule has 0 bridgehead atoms. The molecule has 3 rings (SSSR count). The van der Waals surface area contributed by atoms with Crippen LogP contribution in [0.15, 0.2) is 30.3 Å². The maximum atomic E-state index is 13.6. The lowest BCUT2D eigenvalue weighted by atomic mass is 9.94. The molecule has 0 saturated heterocycles. The molecule has 0 radical (unpaired) electrons. The van der Waals surface area contributed by atoms with Crippen LogP contribution in [0.3, 0.4) is 0 Å². The lowest BCUT2D eigenvalue weighted by Gasteiger charge is -2.43. The number of carbonyl (C=O) groups excluding carboxylic acids is 3. The van der Waals surface area contributed by atoms with Crippen molar-refractivity contribution in [2.24, 2.45) is 5.92 Å². The van der Waals surface area contributed by atoms with E-state index in [0.717, 1.165) is 17.7 Å². The fourth-order valence-electron chi connectivity index (χ4n) is 3.99. The molecular weight excluding hydrogens is 448 g/mol. The minimum atomic E-state index is -1.20. The van der Waals surface area contributed by atoms with E-state index in [0.29, 0.717) is 12.5 Å². The minimum absolute atomic E-state index is 0.0507. The highest BCUT2D eigenvalue weighted by Gasteiger charge is 2.48. The van der Waals surface area contributed by atoms with E-state index < -0.39 is 11.5 Å². The fraction of sp³-hybridized carbons (Fsp3) is 0.538. The first-order valence-corrected chi connectivity index (χ1v) is 12.2. The monoisotopic (exact) mass is 484 g/mol. The highest BCUT2D eigenvalue weighted by atomic mass is 16.5. The molecule has 9 heteroatoms.